The van der Waals surface area contributed by atoms with Crippen molar-refractivity contribution in [3.8, 4) is 0 Å². The molecular weight excluding hydrogens is 257 g/mol. The molecule has 1 aliphatic rings. The molecule has 0 heterocycles. The fourth-order valence-electron chi connectivity index (χ4n) is 1.98. The van der Waals surface area contributed by atoms with Gasteiger partial charge in [-0.1, -0.05) is 28.4 Å². The highest BCUT2D eigenvalue weighted by atomic mass is 79.9. The van der Waals surface area contributed by atoms with Gasteiger partial charge in [-0.3, -0.25) is 0 Å². The van der Waals surface area contributed by atoms with Crippen LogP contribution in [0.4, 0.5) is 4.39 Å². The summed E-state index contributed by atoms with van der Waals surface area (Å²) in [5, 5.41) is 0. The van der Waals surface area contributed by atoms with Crippen molar-refractivity contribution in [3.05, 3.63) is 34.1 Å². The molecule has 2 N–H and O–H groups in total. The molecule has 3 heteroatoms. The third-order valence-corrected chi connectivity index (χ3v) is 3.72. The molecule has 0 amide bonds. The molecule has 1 atom stereocenters. The third-order valence-electron chi connectivity index (χ3n) is 3.23. The molecule has 1 saturated carbocycles. The first kappa shape index (κ1) is 11.1. The summed E-state index contributed by atoms with van der Waals surface area (Å²) in [6.45, 7) is 0. The third kappa shape index (κ3) is 2.58. The van der Waals surface area contributed by atoms with Gasteiger partial charge in [-0.05, 0) is 42.9 Å². The summed E-state index contributed by atoms with van der Waals surface area (Å²) < 4.78 is 14.3. The first-order chi connectivity index (χ1) is 7.16. The zero-order chi connectivity index (χ0) is 10.8. The summed E-state index contributed by atoms with van der Waals surface area (Å²) in [6.07, 6.45) is 4.35. The monoisotopic (exact) mass is 271 g/mol. The molecular formula is C12H15BrFN. The summed E-state index contributed by atoms with van der Waals surface area (Å²) in [5.41, 5.74) is 6.77. The standard InChI is InChI=1S/C12H15BrFN/c13-10-5-4-9(11(14)7-10)6-12(15)8-2-1-3-8/h4-5,7-8,12H,1-3,6,15H2. The second-order valence-electron chi connectivity index (χ2n) is 4.29. The SMILES string of the molecule is NC(Cc1ccc(Br)cc1F)C1CCC1. The minimum Gasteiger partial charge on any atom is -0.327 e. The lowest BCUT2D eigenvalue weighted by atomic mass is 9.78. The quantitative estimate of drug-likeness (QED) is 0.898. The van der Waals surface area contributed by atoms with E-state index in [-0.39, 0.29) is 11.9 Å². The molecule has 1 fully saturated rings. The van der Waals surface area contributed by atoms with Crippen LogP contribution in [0.2, 0.25) is 0 Å². The van der Waals surface area contributed by atoms with E-state index < -0.39 is 0 Å². The van der Waals surface area contributed by atoms with E-state index in [4.69, 9.17) is 5.73 Å². The molecule has 1 aromatic carbocycles. The van der Waals surface area contributed by atoms with Gasteiger partial charge in [-0.25, -0.2) is 4.39 Å². The minimum atomic E-state index is -0.154. The van der Waals surface area contributed by atoms with Crippen molar-refractivity contribution in [3.63, 3.8) is 0 Å². The molecule has 15 heavy (non-hydrogen) atoms. The van der Waals surface area contributed by atoms with Crippen molar-refractivity contribution in [2.24, 2.45) is 11.7 Å². The summed E-state index contributed by atoms with van der Waals surface area (Å²) in [7, 11) is 0. The molecule has 1 nitrogen and oxygen atoms in total. The van der Waals surface area contributed by atoms with Crippen molar-refractivity contribution < 1.29 is 4.39 Å². The lowest BCUT2D eigenvalue weighted by Crippen LogP contribution is -2.36. The first-order valence-corrected chi connectivity index (χ1v) is 6.15. The Kier molecular flexibility index (Phi) is 3.42. The zero-order valence-corrected chi connectivity index (χ0v) is 10.1. The van der Waals surface area contributed by atoms with Crippen LogP contribution in [0.25, 0.3) is 0 Å². The molecule has 0 spiro atoms. The second kappa shape index (κ2) is 4.62. The van der Waals surface area contributed by atoms with E-state index in [1.807, 2.05) is 12.1 Å². The van der Waals surface area contributed by atoms with Crippen LogP contribution in [0.5, 0.6) is 0 Å². The van der Waals surface area contributed by atoms with Gasteiger partial charge in [0.25, 0.3) is 0 Å². The molecule has 0 bridgehead atoms. The largest absolute Gasteiger partial charge is 0.327 e. The van der Waals surface area contributed by atoms with E-state index in [0.29, 0.717) is 12.3 Å². The van der Waals surface area contributed by atoms with Gasteiger partial charge in [0.1, 0.15) is 5.82 Å². The van der Waals surface area contributed by atoms with Gasteiger partial charge in [-0.2, -0.15) is 0 Å². The van der Waals surface area contributed by atoms with Crippen LogP contribution in [0, 0.1) is 11.7 Å². The van der Waals surface area contributed by atoms with Gasteiger partial charge in [0.15, 0.2) is 0 Å². The van der Waals surface area contributed by atoms with E-state index in [9.17, 15) is 4.39 Å². The Labute approximate surface area is 98.0 Å². The summed E-state index contributed by atoms with van der Waals surface area (Å²) in [4.78, 5) is 0. The predicted octanol–water partition coefficient (Wildman–Crippen LogP) is 3.26. The lowest BCUT2D eigenvalue weighted by Gasteiger charge is -2.31. The molecule has 1 aromatic rings. The average molecular weight is 272 g/mol. The van der Waals surface area contributed by atoms with Crippen LogP contribution in [0.3, 0.4) is 0 Å². The van der Waals surface area contributed by atoms with Crippen LogP contribution in [-0.2, 0) is 6.42 Å². The highest BCUT2D eigenvalue weighted by Crippen LogP contribution is 2.30. The Hall–Kier alpha value is -0.410. The second-order valence-corrected chi connectivity index (χ2v) is 5.21. The van der Waals surface area contributed by atoms with E-state index in [1.54, 1.807) is 0 Å². The number of nitrogens with two attached hydrogens (primary N) is 1. The van der Waals surface area contributed by atoms with Gasteiger partial charge in [0.2, 0.25) is 0 Å². The van der Waals surface area contributed by atoms with Crippen LogP contribution < -0.4 is 5.73 Å². The number of hydrogen-bond acceptors (Lipinski definition) is 1. The smallest absolute Gasteiger partial charge is 0.127 e. The molecule has 82 valence electrons. The Morgan fingerprint density at radius 1 is 1.47 bits per heavy atom. The maximum Gasteiger partial charge on any atom is 0.127 e. The van der Waals surface area contributed by atoms with Crippen molar-refractivity contribution in [1.82, 2.24) is 0 Å². The Bertz CT molecular complexity index is 349. The number of benzene rings is 1. The van der Waals surface area contributed by atoms with E-state index >= 15 is 0 Å². The van der Waals surface area contributed by atoms with Gasteiger partial charge in [-0.15, -0.1) is 0 Å². The van der Waals surface area contributed by atoms with Crippen molar-refractivity contribution in [2.75, 3.05) is 0 Å². The maximum atomic E-state index is 13.5. The molecule has 0 aliphatic heterocycles. The zero-order valence-electron chi connectivity index (χ0n) is 8.55. The molecule has 2 rings (SSSR count). The molecule has 1 unspecified atom stereocenters. The summed E-state index contributed by atoms with van der Waals surface area (Å²) in [5.74, 6) is 0.451. The van der Waals surface area contributed by atoms with Crippen molar-refractivity contribution >= 4 is 15.9 Å². The van der Waals surface area contributed by atoms with E-state index in [2.05, 4.69) is 15.9 Å². The predicted molar refractivity (Wildman–Crippen MR) is 63.1 cm³/mol. The highest BCUT2D eigenvalue weighted by molar-refractivity contribution is 9.10. The number of rotatable bonds is 3. The van der Waals surface area contributed by atoms with E-state index in [1.165, 1.54) is 25.3 Å². The normalized spacial score (nSPS) is 18.6. The van der Waals surface area contributed by atoms with Gasteiger partial charge in [0, 0.05) is 10.5 Å². The first-order valence-electron chi connectivity index (χ1n) is 5.36. The summed E-state index contributed by atoms with van der Waals surface area (Å²) in [6, 6.07) is 5.31. The minimum absolute atomic E-state index is 0.120. The average Bonchev–Trinajstić information content (AvgIpc) is 2.07. The molecule has 0 aromatic heterocycles. The van der Waals surface area contributed by atoms with Crippen molar-refractivity contribution in [1.29, 1.82) is 0 Å². The van der Waals surface area contributed by atoms with Crippen molar-refractivity contribution in [2.45, 2.75) is 31.7 Å². The van der Waals surface area contributed by atoms with E-state index in [0.717, 1.165) is 10.0 Å². The number of hydrogen-bond donors (Lipinski definition) is 1. The molecule has 1 aliphatic carbocycles. The highest BCUT2D eigenvalue weighted by Gasteiger charge is 2.24. The Balaban J connectivity index is 2.03. The molecule has 0 radical (unpaired) electrons. The Morgan fingerprint density at radius 3 is 2.73 bits per heavy atom. The maximum absolute atomic E-state index is 13.5. The van der Waals surface area contributed by atoms with Gasteiger partial charge >= 0.3 is 0 Å². The lowest BCUT2D eigenvalue weighted by molar-refractivity contribution is 0.259. The topological polar surface area (TPSA) is 26.0 Å². The van der Waals surface area contributed by atoms with Crippen LogP contribution in [0.1, 0.15) is 24.8 Å². The van der Waals surface area contributed by atoms with Crippen LogP contribution in [-0.4, -0.2) is 6.04 Å². The fourth-order valence-corrected chi connectivity index (χ4v) is 2.31. The number of halogens is 2. The van der Waals surface area contributed by atoms with Gasteiger partial charge < -0.3 is 5.73 Å². The fraction of sp³-hybridized carbons (Fsp3) is 0.500. The van der Waals surface area contributed by atoms with Crippen LogP contribution in [0.15, 0.2) is 22.7 Å². The van der Waals surface area contributed by atoms with Gasteiger partial charge in [0.05, 0.1) is 0 Å². The molecule has 0 saturated heterocycles. The Morgan fingerprint density at radius 2 is 2.20 bits per heavy atom. The summed E-state index contributed by atoms with van der Waals surface area (Å²) >= 11 is 3.25. The van der Waals surface area contributed by atoms with Crippen LogP contribution >= 0.6 is 15.9 Å².